The number of morpholine rings is 1. The number of nitrogens with one attached hydrogen (secondary N) is 2. The zero-order valence-corrected chi connectivity index (χ0v) is 20.7. The summed E-state index contributed by atoms with van der Waals surface area (Å²) in [6, 6.07) is 10.2. The summed E-state index contributed by atoms with van der Waals surface area (Å²) in [6.45, 7) is 4.71. The lowest BCUT2D eigenvalue weighted by molar-refractivity contribution is -0.142. The number of carbonyl (C=O) groups excluding carboxylic acids is 1. The first-order valence-electron chi connectivity index (χ1n) is 12.2. The Morgan fingerprint density at radius 2 is 1.87 bits per heavy atom. The molecular formula is C26H25F3N8O2. The monoisotopic (exact) mass is 538 g/mol. The Labute approximate surface area is 221 Å². The van der Waals surface area contributed by atoms with Crippen molar-refractivity contribution in [2.24, 2.45) is 0 Å². The van der Waals surface area contributed by atoms with Crippen molar-refractivity contribution in [1.82, 2.24) is 29.6 Å². The highest BCUT2D eigenvalue weighted by Crippen LogP contribution is 2.33. The van der Waals surface area contributed by atoms with Gasteiger partial charge in [0.05, 0.1) is 30.8 Å². The van der Waals surface area contributed by atoms with Gasteiger partial charge in [0.25, 0.3) is 5.91 Å². The van der Waals surface area contributed by atoms with Crippen LogP contribution >= 0.6 is 0 Å². The number of rotatable bonds is 8. The van der Waals surface area contributed by atoms with Gasteiger partial charge in [0.2, 0.25) is 0 Å². The smallest absolute Gasteiger partial charge is 0.379 e. The van der Waals surface area contributed by atoms with E-state index in [1.807, 2.05) is 0 Å². The van der Waals surface area contributed by atoms with Crippen LogP contribution in [-0.4, -0.2) is 74.9 Å². The van der Waals surface area contributed by atoms with E-state index in [9.17, 15) is 18.0 Å². The van der Waals surface area contributed by atoms with Crippen LogP contribution in [0.25, 0.3) is 17.1 Å². The molecular weight excluding hydrogens is 513 g/mol. The van der Waals surface area contributed by atoms with Gasteiger partial charge >= 0.3 is 6.18 Å². The molecule has 0 aliphatic carbocycles. The lowest BCUT2D eigenvalue weighted by Crippen LogP contribution is -2.39. The topological polar surface area (TPSA) is 110 Å². The number of carbonyl (C=O) groups is 1. The SMILES string of the molecule is O=C(Nc1ccc(-n2nc(-c3cccnc3)cc2C(F)(F)F)nc1)c1ccnc(NCCN2CCOCC2)c1. The summed E-state index contributed by atoms with van der Waals surface area (Å²) >= 11 is 0. The van der Waals surface area contributed by atoms with Gasteiger partial charge in [-0.25, -0.2) is 14.6 Å². The summed E-state index contributed by atoms with van der Waals surface area (Å²) in [4.78, 5) is 27.4. The summed E-state index contributed by atoms with van der Waals surface area (Å²) in [5, 5.41) is 10.0. The molecule has 1 amide bonds. The molecule has 1 aliphatic rings. The molecule has 10 nitrogen and oxygen atoms in total. The van der Waals surface area contributed by atoms with E-state index in [2.05, 4.69) is 35.6 Å². The van der Waals surface area contributed by atoms with E-state index >= 15 is 0 Å². The highest BCUT2D eigenvalue weighted by Gasteiger charge is 2.36. The Morgan fingerprint density at radius 1 is 1.03 bits per heavy atom. The van der Waals surface area contributed by atoms with Gasteiger partial charge in [-0.1, -0.05) is 0 Å². The number of anilines is 2. The highest BCUT2D eigenvalue weighted by atomic mass is 19.4. The molecule has 0 atom stereocenters. The van der Waals surface area contributed by atoms with Crippen molar-refractivity contribution in [2.45, 2.75) is 6.18 Å². The minimum absolute atomic E-state index is 0.0499. The first-order chi connectivity index (χ1) is 18.9. The van der Waals surface area contributed by atoms with Crippen LogP contribution in [0.3, 0.4) is 0 Å². The second-order valence-corrected chi connectivity index (χ2v) is 8.74. The first-order valence-corrected chi connectivity index (χ1v) is 12.2. The maximum absolute atomic E-state index is 13.7. The number of nitrogens with zero attached hydrogens (tertiary/aromatic N) is 6. The summed E-state index contributed by atoms with van der Waals surface area (Å²) < 4.78 is 47.3. The predicted octanol–water partition coefficient (Wildman–Crippen LogP) is 3.74. The molecule has 13 heteroatoms. The van der Waals surface area contributed by atoms with Gasteiger partial charge < -0.3 is 15.4 Å². The molecule has 39 heavy (non-hydrogen) atoms. The third kappa shape index (κ3) is 6.56. The third-order valence-electron chi connectivity index (χ3n) is 6.04. The van der Waals surface area contributed by atoms with Crippen LogP contribution < -0.4 is 10.6 Å². The predicted molar refractivity (Wildman–Crippen MR) is 138 cm³/mol. The fraction of sp³-hybridized carbons (Fsp3) is 0.269. The second kappa shape index (κ2) is 11.6. The molecule has 1 fully saturated rings. The number of alkyl halides is 3. The molecule has 1 saturated heterocycles. The van der Waals surface area contributed by atoms with Gasteiger partial charge in [-0.05, 0) is 42.5 Å². The molecule has 202 valence electrons. The van der Waals surface area contributed by atoms with E-state index in [0.717, 1.165) is 43.6 Å². The van der Waals surface area contributed by atoms with Crippen molar-refractivity contribution >= 4 is 17.4 Å². The van der Waals surface area contributed by atoms with E-state index < -0.39 is 17.8 Å². The normalized spacial score (nSPS) is 14.2. The fourth-order valence-electron chi connectivity index (χ4n) is 4.04. The van der Waals surface area contributed by atoms with Crippen LogP contribution in [0.4, 0.5) is 24.7 Å². The lowest BCUT2D eigenvalue weighted by Gasteiger charge is -2.26. The van der Waals surface area contributed by atoms with Crippen LogP contribution in [-0.2, 0) is 10.9 Å². The quantitative estimate of drug-likeness (QED) is 0.349. The summed E-state index contributed by atoms with van der Waals surface area (Å²) in [5.74, 6) is 0.107. The molecule has 1 aliphatic heterocycles. The van der Waals surface area contributed by atoms with Crippen molar-refractivity contribution in [3.63, 3.8) is 0 Å². The van der Waals surface area contributed by atoms with Crippen LogP contribution in [0.5, 0.6) is 0 Å². The number of amides is 1. The van der Waals surface area contributed by atoms with Crippen molar-refractivity contribution in [2.75, 3.05) is 50.0 Å². The number of hydrogen-bond donors (Lipinski definition) is 2. The van der Waals surface area contributed by atoms with Gasteiger partial charge in [0.15, 0.2) is 11.5 Å². The number of ether oxygens (including phenoxy) is 1. The van der Waals surface area contributed by atoms with Crippen molar-refractivity contribution in [3.05, 3.63) is 78.5 Å². The third-order valence-corrected chi connectivity index (χ3v) is 6.04. The van der Waals surface area contributed by atoms with Crippen molar-refractivity contribution < 1.29 is 22.7 Å². The molecule has 0 unspecified atom stereocenters. The molecule has 5 heterocycles. The Balaban J connectivity index is 1.25. The Morgan fingerprint density at radius 3 is 2.59 bits per heavy atom. The largest absolute Gasteiger partial charge is 0.433 e. The molecule has 4 aromatic rings. The van der Waals surface area contributed by atoms with E-state index in [4.69, 9.17) is 4.74 Å². The number of halogens is 3. The molecule has 4 aromatic heterocycles. The molecule has 0 saturated carbocycles. The van der Waals surface area contributed by atoms with Crippen molar-refractivity contribution in [1.29, 1.82) is 0 Å². The number of pyridine rings is 3. The standard InChI is InChI=1S/C26H25F3N8O2/c27-26(28,29)22-15-21(19-2-1-6-30-16-19)35-37(22)24-4-3-20(17-33-24)34-25(38)18-5-7-31-23(14-18)32-8-9-36-10-12-39-13-11-36/h1-7,14-17H,8-13H2,(H,31,32)(H,34,38). The molecule has 0 spiro atoms. The second-order valence-electron chi connectivity index (χ2n) is 8.74. The Kier molecular flexibility index (Phi) is 7.79. The summed E-state index contributed by atoms with van der Waals surface area (Å²) in [6.07, 6.45) is 1.11. The van der Waals surface area contributed by atoms with Gasteiger partial charge in [-0.2, -0.15) is 18.3 Å². The first kappa shape index (κ1) is 26.3. The van der Waals surface area contributed by atoms with Gasteiger partial charge in [0, 0.05) is 55.9 Å². The summed E-state index contributed by atoms with van der Waals surface area (Å²) in [7, 11) is 0. The average Bonchev–Trinajstić information content (AvgIpc) is 3.41. The van der Waals surface area contributed by atoms with Crippen LogP contribution in [0.15, 0.2) is 67.3 Å². The average molecular weight is 539 g/mol. The highest BCUT2D eigenvalue weighted by molar-refractivity contribution is 6.04. The molecule has 0 aromatic carbocycles. The lowest BCUT2D eigenvalue weighted by atomic mass is 10.2. The molecule has 0 radical (unpaired) electrons. The molecule has 5 rings (SSSR count). The Hall–Kier alpha value is -4.36. The molecule has 0 bridgehead atoms. The van der Waals surface area contributed by atoms with Crippen LogP contribution in [0, 0.1) is 0 Å². The zero-order chi connectivity index (χ0) is 27.2. The zero-order valence-electron chi connectivity index (χ0n) is 20.7. The molecule has 2 N–H and O–H groups in total. The van der Waals surface area contributed by atoms with E-state index in [0.29, 0.717) is 29.2 Å². The minimum Gasteiger partial charge on any atom is -0.379 e. The van der Waals surface area contributed by atoms with Gasteiger partial charge in [0.1, 0.15) is 5.82 Å². The number of hydrogen-bond acceptors (Lipinski definition) is 8. The van der Waals surface area contributed by atoms with Crippen LogP contribution in [0.1, 0.15) is 16.1 Å². The van der Waals surface area contributed by atoms with E-state index in [1.165, 1.54) is 36.9 Å². The minimum atomic E-state index is -4.66. The van der Waals surface area contributed by atoms with Crippen molar-refractivity contribution in [3.8, 4) is 17.1 Å². The fourth-order valence-corrected chi connectivity index (χ4v) is 4.04. The summed E-state index contributed by atoms with van der Waals surface area (Å²) in [5.41, 5.74) is 0.266. The van der Waals surface area contributed by atoms with E-state index in [-0.39, 0.29) is 11.5 Å². The Bertz CT molecular complexity index is 1400. The van der Waals surface area contributed by atoms with Gasteiger partial charge in [-0.3, -0.25) is 14.7 Å². The van der Waals surface area contributed by atoms with Crippen LogP contribution in [0.2, 0.25) is 0 Å². The van der Waals surface area contributed by atoms with E-state index in [1.54, 1.807) is 24.3 Å². The maximum atomic E-state index is 13.7. The van der Waals surface area contributed by atoms with Gasteiger partial charge in [-0.15, -0.1) is 0 Å². The maximum Gasteiger partial charge on any atom is 0.433 e. The number of aromatic nitrogens is 5.